The van der Waals surface area contributed by atoms with Crippen molar-refractivity contribution in [1.82, 2.24) is 10.3 Å². The second-order valence-corrected chi connectivity index (χ2v) is 5.09. The molecule has 0 amide bonds. The molecule has 0 unspecified atom stereocenters. The van der Waals surface area contributed by atoms with Crippen LogP contribution in [-0.4, -0.2) is 43.2 Å². The summed E-state index contributed by atoms with van der Waals surface area (Å²) in [6.07, 6.45) is 2.64. The van der Waals surface area contributed by atoms with E-state index in [9.17, 15) is 4.79 Å². The largest absolute Gasteiger partial charge is 0.459 e. The van der Waals surface area contributed by atoms with Crippen molar-refractivity contribution in [1.29, 1.82) is 0 Å². The molecule has 1 fully saturated rings. The Balaban J connectivity index is 2.22. The number of hydrogen-bond acceptors (Lipinski definition) is 5. The lowest BCUT2D eigenvalue weighted by Gasteiger charge is -2.26. The highest BCUT2D eigenvalue weighted by atomic mass is 16.5. The first-order valence-corrected chi connectivity index (χ1v) is 6.69. The zero-order valence-corrected chi connectivity index (χ0v) is 11.7. The van der Waals surface area contributed by atoms with Crippen LogP contribution in [0, 0.1) is 0 Å². The van der Waals surface area contributed by atoms with Gasteiger partial charge in [-0.2, -0.15) is 0 Å². The molecule has 1 aromatic rings. The molecule has 1 aliphatic rings. The van der Waals surface area contributed by atoms with E-state index in [2.05, 4.69) is 15.2 Å². The molecular formula is C14H21N3O2. The molecule has 0 radical (unpaired) electrons. The van der Waals surface area contributed by atoms with Crippen molar-refractivity contribution >= 4 is 11.8 Å². The Hall–Kier alpha value is -1.62. The fraction of sp³-hybridized carbons (Fsp3) is 0.571. The van der Waals surface area contributed by atoms with E-state index in [4.69, 9.17) is 4.74 Å². The summed E-state index contributed by atoms with van der Waals surface area (Å²) in [6.45, 7) is 5.62. The Morgan fingerprint density at radius 2 is 2.37 bits per heavy atom. The summed E-state index contributed by atoms with van der Waals surface area (Å²) in [5.74, 6) is 0.387. The number of nitrogens with zero attached hydrogens (tertiary/aromatic N) is 2. The normalized spacial score (nSPS) is 18.6. The van der Waals surface area contributed by atoms with Crippen molar-refractivity contribution in [3.8, 4) is 0 Å². The summed E-state index contributed by atoms with van der Waals surface area (Å²) in [5, 5.41) is 3.32. The minimum atomic E-state index is -0.309. The number of carbonyl (C=O) groups excluding carboxylic acids is 1. The first kappa shape index (κ1) is 13.8. The maximum atomic E-state index is 12.1. The molecule has 0 saturated carbocycles. The number of carbonyl (C=O) groups is 1. The molecule has 2 rings (SSSR count). The number of rotatable bonds is 4. The Morgan fingerprint density at radius 1 is 1.58 bits per heavy atom. The van der Waals surface area contributed by atoms with E-state index in [0.29, 0.717) is 17.4 Å². The van der Waals surface area contributed by atoms with Crippen LogP contribution in [0.3, 0.4) is 0 Å². The molecule has 0 spiro atoms. The summed E-state index contributed by atoms with van der Waals surface area (Å²) in [5.41, 5.74) is 0.533. The van der Waals surface area contributed by atoms with E-state index in [0.717, 1.165) is 19.5 Å². The van der Waals surface area contributed by atoms with Crippen molar-refractivity contribution in [2.24, 2.45) is 0 Å². The van der Waals surface area contributed by atoms with Crippen molar-refractivity contribution < 1.29 is 9.53 Å². The monoisotopic (exact) mass is 263 g/mol. The number of pyridine rings is 1. The third kappa shape index (κ3) is 3.23. The van der Waals surface area contributed by atoms with Crippen molar-refractivity contribution in [2.75, 3.05) is 25.0 Å². The van der Waals surface area contributed by atoms with Gasteiger partial charge in [0.25, 0.3) is 0 Å². The molecule has 104 valence electrons. The predicted octanol–water partition coefficient (Wildman–Crippen LogP) is 1.44. The number of nitrogens with one attached hydrogen (secondary N) is 1. The van der Waals surface area contributed by atoms with Gasteiger partial charge in [-0.1, -0.05) is 0 Å². The maximum Gasteiger partial charge on any atom is 0.342 e. The van der Waals surface area contributed by atoms with Gasteiger partial charge in [-0.3, -0.25) is 0 Å². The van der Waals surface area contributed by atoms with Gasteiger partial charge in [0.2, 0.25) is 0 Å². The van der Waals surface area contributed by atoms with Gasteiger partial charge >= 0.3 is 5.97 Å². The molecule has 0 aliphatic carbocycles. The fourth-order valence-corrected chi connectivity index (χ4v) is 2.26. The molecule has 19 heavy (non-hydrogen) atoms. The zero-order valence-electron chi connectivity index (χ0n) is 11.7. The Kier molecular flexibility index (Phi) is 4.37. The van der Waals surface area contributed by atoms with Crippen molar-refractivity contribution in [3.05, 3.63) is 23.9 Å². The molecule has 0 aromatic carbocycles. The van der Waals surface area contributed by atoms with Crippen LogP contribution in [0.15, 0.2) is 18.3 Å². The van der Waals surface area contributed by atoms with Gasteiger partial charge in [-0.15, -0.1) is 0 Å². The lowest BCUT2D eigenvalue weighted by atomic mass is 10.2. The number of esters is 1. The van der Waals surface area contributed by atoms with Gasteiger partial charge < -0.3 is 15.0 Å². The van der Waals surface area contributed by atoms with E-state index in [-0.39, 0.29) is 12.1 Å². The van der Waals surface area contributed by atoms with Crippen molar-refractivity contribution in [2.45, 2.75) is 32.4 Å². The summed E-state index contributed by atoms with van der Waals surface area (Å²) in [6, 6.07) is 3.91. The van der Waals surface area contributed by atoms with E-state index in [1.165, 1.54) is 0 Å². The molecule has 1 atom stereocenters. The van der Waals surface area contributed by atoms with Crippen molar-refractivity contribution in [3.63, 3.8) is 0 Å². The molecule has 5 nitrogen and oxygen atoms in total. The molecule has 2 heterocycles. The number of ether oxygens (including phenoxy) is 1. The molecular weight excluding hydrogens is 242 g/mol. The minimum absolute atomic E-state index is 0.126. The number of hydrogen-bond donors (Lipinski definition) is 1. The average Bonchev–Trinajstić information content (AvgIpc) is 2.91. The van der Waals surface area contributed by atoms with E-state index in [1.807, 2.05) is 20.9 Å². The van der Waals surface area contributed by atoms with Crippen LogP contribution in [0.25, 0.3) is 0 Å². The molecule has 1 saturated heterocycles. The number of aromatic nitrogens is 1. The smallest absolute Gasteiger partial charge is 0.342 e. The number of anilines is 1. The van der Waals surface area contributed by atoms with Crippen LogP contribution in [0.1, 0.15) is 30.6 Å². The Morgan fingerprint density at radius 3 is 3.00 bits per heavy atom. The molecule has 1 aromatic heterocycles. The topological polar surface area (TPSA) is 54.5 Å². The van der Waals surface area contributed by atoms with Gasteiger partial charge in [0.15, 0.2) is 0 Å². The second-order valence-electron chi connectivity index (χ2n) is 5.09. The first-order chi connectivity index (χ1) is 9.09. The highest BCUT2D eigenvalue weighted by Crippen LogP contribution is 2.21. The summed E-state index contributed by atoms with van der Waals surface area (Å²) < 4.78 is 5.27. The van der Waals surface area contributed by atoms with E-state index in [1.54, 1.807) is 18.3 Å². The van der Waals surface area contributed by atoms with Gasteiger partial charge in [0, 0.05) is 25.8 Å². The molecule has 5 heteroatoms. The fourth-order valence-electron chi connectivity index (χ4n) is 2.26. The van der Waals surface area contributed by atoms with E-state index >= 15 is 0 Å². The Labute approximate surface area is 114 Å². The van der Waals surface area contributed by atoms with Gasteiger partial charge in [-0.25, -0.2) is 9.78 Å². The summed E-state index contributed by atoms with van der Waals surface area (Å²) in [4.78, 5) is 18.5. The summed E-state index contributed by atoms with van der Waals surface area (Å²) in [7, 11) is 1.98. The molecule has 1 N–H and O–H groups in total. The lowest BCUT2D eigenvalue weighted by Crippen LogP contribution is -2.35. The second kappa shape index (κ2) is 6.02. The SMILES string of the molecule is CC(C)OC(=O)c1cccnc1N(C)[C@@H]1CCNC1. The van der Waals surface area contributed by atoms with Crippen LogP contribution in [0.2, 0.25) is 0 Å². The highest BCUT2D eigenvalue weighted by molar-refractivity contribution is 5.94. The Bertz CT molecular complexity index is 442. The van der Waals surface area contributed by atoms with Crippen LogP contribution in [0.5, 0.6) is 0 Å². The maximum absolute atomic E-state index is 12.1. The first-order valence-electron chi connectivity index (χ1n) is 6.69. The molecule has 0 bridgehead atoms. The third-order valence-corrected chi connectivity index (χ3v) is 3.27. The van der Waals surface area contributed by atoms with Crippen LogP contribution in [-0.2, 0) is 4.74 Å². The zero-order chi connectivity index (χ0) is 13.8. The summed E-state index contributed by atoms with van der Waals surface area (Å²) >= 11 is 0. The molecule has 1 aliphatic heterocycles. The highest BCUT2D eigenvalue weighted by Gasteiger charge is 2.24. The van der Waals surface area contributed by atoms with Gasteiger partial charge in [-0.05, 0) is 38.9 Å². The third-order valence-electron chi connectivity index (χ3n) is 3.27. The number of likely N-dealkylation sites (N-methyl/N-ethyl adjacent to an activating group) is 1. The van der Waals surface area contributed by atoms with Crippen LogP contribution in [0.4, 0.5) is 5.82 Å². The predicted molar refractivity (Wildman–Crippen MR) is 74.5 cm³/mol. The van der Waals surface area contributed by atoms with E-state index < -0.39 is 0 Å². The average molecular weight is 263 g/mol. The quantitative estimate of drug-likeness (QED) is 0.833. The van der Waals surface area contributed by atoms with Crippen LogP contribution >= 0.6 is 0 Å². The van der Waals surface area contributed by atoms with Crippen LogP contribution < -0.4 is 10.2 Å². The lowest BCUT2D eigenvalue weighted by molar-refractivity contribution is 0.0378. The minimum Gasteiger partial charge on any atom is -0.459 e. The van der Waals surface area contributed by atoms with Gasteiger partial charge in [0.05, 0.1) is 6.10 Å². The van der Waals surface area contributed by atoms with Gasteiger partial charge in [0.1, 0.15) is 11.4 Å². The standard InChI is InChI=1S/C14H21N3O2/c1-10(2)19-14(18)12-5-4-7-16-13(12)17(3)11-6-8-15-9-11/h4-5,7,10-11,15H,6,8-9H2,1-3H3/t11-/m1/s1.